The van der Waals surface area contributed by atoms with E-state index in [1.54, 1.807) is 18.2 Å². The minimum Gasteiger partial charge on any atom is -0.321 e. The molecule has 1 aromatic heterocycles. The lowest BCUT2D eigenvalue weighted by atomic mass is 10.1. The fourth-order valence-electron chi connectivity index (χ4n) is 2.04. The molecule has 0 aliphatic rings. The molecular formula is C13H10NO3P. The number of hydrogen-bond acceptors (Lipinski definition) is 2. The van der Waals surface area contributed by atoms with Crippen LogP contribution in [0.15, 0.2) is 48.5 Å². The van der Waals surface area contributed by atoms with E-state index in [1.807, 2.05) is 24.3 Å². The van der Waals surface area contributed by atoms with Gasteiger partial charge in [-0.15, -0.1) is 0 Å². The molecule has 4 nitrogen and oxygen atoms in total. The summed E-state index contributed by atoms with van der Waals surface area (Å²) in [6.45, 7) is 0. The molecule has 0 unspecified atom stereocenters. The molecule has 0 radical (unpaired) electrons. The summed E-state index contributed by atoms with van der Waals surface area (Å²) in [5.41, 5.74) is 1.40. The Labute approximate surface area is 103 Å². The average molecular weight is 259 g/mol. The molecule has 0 aliphatic heterocycles. The third-order valence-electron chi connectivity index (χ3n) is 2.85. The lowest BCUT2D eigenvalue weighted by Gasteiger charge is -2.08. The van der Waals surface area contributed by atoms with E-state index in [0.29, 0.717) is 10.9 Å². The molecule has 3 aromatic rings. The van der Waals surface area contributed by atoms with Gasteiger partial charge in [0.1, 0.15) is 0 Å². The smallest absolute Gasteiger partial charge is 0.321 e. The molecule has 18 heavy (non-hydrogen) atoms. The molecule has 0 spiro atoms. The standard InChI is InChI=1S/C13H10NO3P/c15-18(16,17)13-7-3-6-12-10(13)8-9-4-1-2-5-11(9)14-12/h1-8H,(H2,15,16,17). The third-order valence-corrected chi connectivity index (χ3v) is 3.87. The Hall–Kier alpha value is -1.74. The van der Waals surface area contributed by atoms with E-state index in [4.69, 9.17) is 0 Å². The Morgan fingerprint density at radius 2 is 1.67 bits per heavy atom. The van der Waals surface area contributed by atoms with Gasteiger partial charge in [0.05, 0.1) is 16.3 Å². The molecule has 0 aliphatic carbocycles. The fourth-order valence-corrected chi connectivity index (χ4v) is 2.81. The van der Waals surface area contributed by atoms with Crippen LogP contribution in [0.25, 0.3) is 21.8 Å². The van der Waals surface area contributed by atoms with Crippen molar-refractivity contribution < 1.29 is 14.4 Å². The van der Waals surface area contributed by atoms with Crippen LogP contribution in [-0.4, -0.2) is 14.8 Å². The molecule has 0 atom stereocenters. The van der Waals surface area contributed by atoms with E-state index >= 15 is 0 Å². The van der Waals surface area contributed by atoms with Gasteiger partial charge in [-0.1, -0.05) is 24.3 Å². The molecule has 1 heterocycles. The van der Waals surface area contributed by atoms with E-state index in [1.165, 1.54) is 6.07 Å². The van der Waals surface area contributed by atoms with Gasteiger partial charge in [0.25, 0.3) is 0 Å². The minimum atomic E-state index is -4.28. The number of para-hydroxylation sites is 1. The second kappa shape index (κ2) is 3.89. The van der Waals surface area contributed by atoms with Crippen molar-refractivity contribution in [1.82, 2.24) is 4.98 Å². The third kappa shape index (κ3) is 1.81. The molecule has 0 saturated heterocycles. The van der Waals surface area contributed by atoms with Crippen LogP contribution in [0.3, 0.4) is 0 Å². The van der Waals surface area contributed by atoms with Gasteiger partial charge in [0.2, 0.25) is 0 Å². The van der Waals surface area contributed by atoms with Gasteiger partial charge in [-0.05, 0) is 24.3 Å². The SMILES string of the molecule is O=P(O)(O)c1cccc2nc3ccccc3cc12. The first-order valence-corrected chi connectivity index (χ1v) is 7.01. The van der Waals surface area contributed by atoms with E-state index in [-0.39, 0.29) is 5.30 Å². The molecule has 3 rings (SSSR count). The summed E-state index contributed by atoms with van der Waals surface area (Å²) >= 11 is 0. The van der Waals surface area contributed by atoms with Crippen molar-refractivity contribution in [1.29, 1.82) is 0 Å². The van der Waals surface area contributed by atoms with Crippen LogP contribution < -0.4 is 5.30 Å². The maximum absolute atomic E-state index is 11.4. The van der Waals surface area contributed by atoms with Gasteiger partial charge in [0, 0.05) is 10.8 Å². The van der Waals surface area contributed by atoms with Crippen molar-refractivity contribution in [2.45, 2.75) is 0 Å². The van der Waals surface area contributed by atoms with Crippen LogP contribution in [0.5, 0.6) is 0 Å². The van der Waals surface area contributed by atoms with Gasteiger partial charge < -0.3 is 9.79 Å². The zero-order chi connectivity index (χ0) is 12.8. The Bertz CT molecular complexity index is 794. The average Bonchev–Trinajstić information content (AvgIpc) is 2.34. The predicted octanol–water partition coefficient (Wildman–Crippen LogP) is 2.19. The van der Waals surface area contributed by atoms with Crippen LogP contribution in [-0.2, 0) is 4.57 Å². The summed E-state index contributed by atoms with van der Waals surface area (Å²) in [6, 6.07) is 14.1. The van der Waals surface area contributed by atoms with Crippen molar-refractivity contribution >= 4 is 34.7 Å². The monoisotopic (exact) mass is 259 g/mol. The molecule has 5 heteroatoms. The number of aromatic nitrogens is 1. The van der Waals surface area contributed by atoms with Crippen LogP contribution in [0.2, 0.25) is 0 Å². The van der Waals surface area contributed by atoms with E-state index in [0.717, 1.165) is 10.9 Å². The maximum Gasteiger partial charge on any atom is 0.356 e. The normalized spacial score (nSPS) is 12.1. The van der Waals surface area contributed by atoms with Crippen molar-refractivity contribution in [3.63, 3.8) is 0 Å². The topological polar surface area (TPSA) is 70.4 Å². The van der Waals surface area contributed by atoms with E-state index in [2.05, 4.69) is 4.98 Å². The maximum atomic E-state index is 11.4. The second-order valence-electron chi connectivity index (χ2n) is 4.07. The van der Waals surface area contributed by atoms with Crippen LogP contribution >= 0.6 is 7.60 Å². The highest BCUT2D eigenvalue weighted by Gasteiger charge is 2.20. The molecule has 0 amide bonds. The summed E-state index contributed by atoms with van der Waals surface area (Å²) in [6.07, 6.45) is 0. The number of pyridine rings is 1. The number of benzene rings is 2. The Morgan fingerprint density at radius 3 is 2.44 bits per heavy atom. The first-order valence-electron chi connectivity index (χ1n) is 5.40. The molecule has 90 valence electrons. The van der Waals surface area contributed by atoms with Gasteiger partial charge in [-0.2, -0.15) is 0 Å². The number of hydrogen-bond donors (Lipinski definition) is 2. The van der Waals surface area contributed by atoms with Crippen molar-refractivity contribution in [2.75, 3.05) is 0 Å². The quantitative estimate of drug-likeness (QED) is 0.519. The first kappa shape index (κ1) is 11.4. The second-order valence-corrected chi connectivity index (χ2v) is 5.64. The molecule has 0 fully saturated rings. The number of rotatable bonds is 1. The van der Waals surface area contributed by atoms with Crippen LogP contribution in [0.1, 0.15) is 0 Å². The summed E-state index contributed by atoms with van der Waals surface area (Å²) in [4.78, 5) is 23.1. The molecular weight excluding hydrogens is 249 g/mol. The highest BCUT2D eigenvalue weighted by Crippen LogP contribution is 2.36. The summed E-state index contributed by atoms with van der Waals surface area (Å²) in [5, 5.41) is 1.40. The van der Waals surface area contributed by atoms with Crippen molar-refractivity contribution in [2.24, 2.45) is 0 Å². The minimum absolute atomic E-state index is 0.0262. The van der Waals surface area contributed by atoms with Gasteiger partial charge in [-0.25, -0.2) is 4.98 Å². The summed E-state index contributed by atoms with van der Waals surface area (Å²) in [5.74, 6) is 0. The van der Waals surface area contributed by atoms with E-state index < -0.39 is 7.60 Å². The van der Waals surface area contributed by atoms with Crippen LogP contribution in [0.4, 0.5) is 0 Å². The Morgan fingerprint density at radius 1 is 0.944 bits per heavy atom. The van der Waals surface area contributed by atoms with Crippen LogP contribution in [0, 0.1) is 0 Å². The van der Waals surface area contributed by atoms with Gasteiger partial charge >= 0.3 is 7.60 Å². The zero-order valence-corrected chi connectivity index (χ0v) is 10.2. The molecule has 2 N–H and O–H groups in total. The fraction of sp³-hybridized carbons (Fsp3) is 0. The number of nitrogens with zero attached hydrogens (tertiary/aromatic N) is 1. The lowest BCUT2D eigenvalue weighted by Crippen LogP contribution is -2.05. The van der Waals surface area contributed by atoms with Crippen molar-refractivity contribution in [3.05, 3.63) is 48.5 Å². The number of fused-ring (bicyclic) bond motifs is 2. The first-order chi connectivity index (χ1) is 8.55. The summed E-state index contributed by atoms with van der Waals surface area (Å²) < 4.78 is 11.4. The summed E-state index contributed by atoms with van der Waals surface area (Å²) in [7, 11) is -4.28. The highest BCUT2D eigenvalue weighted by atomic mass is 31.2. The zero-order valence-electron chi connectivity index (χ0n) is 9.32. The lowest BCUT2D eigenvalue weighted by molar-refractivity contribution is 0.388. The van der Waals surface area contributed by atoms with Crippen molar-refractivity contribution in [3.8, 4) is 0 Å². The Kier molecular flexibility index (Phi) is 2.45. The van der Waals surface area contributed by atoms with Gasteiger partial charge in [-0.3, -0.25) is 4.57 Å². The largest absolute Gasteiger partial charge is 0.356 e. The predicted molar refractivity (Wildman–Crippen MR) is 70.9 cm³/mol. The molecule has 0 saturated carbocycles. The Balaban J connectivity index is 2.47. The molecule has 2 aromatic carbocycles. The molecule has 0 bridgehead atoms. The highest BCUT2D eigenvalue weighted by molar-refractivity contribution is 7.60. The van der Waals surface area contributed by atoms with Gasteiger partial charge in [0.15, 0.2) is 0 Å². The van der Waals surface area contributed by atoms with E-state index in [9.17, 15) is 14.4 Å².